The number of aliphatic carboxylic acids is 1. The maximum Gasteiger partial charge on any atom is 0.342 e. The fourth-order valence-electron chi connectivity index (χ4n) is 1.53. The van der Waals surface area contributed by atoms with Crippen molar-refractivity contribution in [2.45, 2.75) is 32.1 Å². The summed E-state index contributed by atoms with van der Waals surface area (Å²) in [6.45, 7) is 3.99. The van der Waals surface area contributed by atoms with Crippen LogP contribution in [0.1, 0.15) is 19.2 Å². The Morgan fingerprint density at radius 1 is 1.72 bits per heavy atom. The number of nitrogens with zero attached hydrogens (tertiary/aromatic N) is 3. The van der Waals surface area contributed by atoms with Gasteiger partial charge in [0.2, 0.25) is 0 Å². The normalized spacial score (nSPS) is 12.3. The lowest BCUT2D eigenvalue weighted by atomic mass is 10.3. The smallest absolute Gasteiger partial charge is 0.342 e. The summed E-state index contributed by atoms with van der Waals surface area (Å²) in [5.74, 6) is 0.346. The van der Waals surface area contributed by atoms with Gasteiger partial charge in [0.05, 0.1) is 6.42 Å². The third-order valence-electron chi connectivity index (χ3n) is 2.40. The zero-order chi connectivity index (χ0) is 13.7. The van der Waals surface area contributed by atoms with E-state index < -0.39 is 10.9 Å². The van der Waals surface area contributed by atoms with Crippen LogP contribution in [0, 0.1) is 17.0 Å². The maximum atomic E-state index is 10.7. The van der Waals surface area contributed by atoms with Gasteiger partial charge in [0.15, 0.2) is 5.82 Å². The van der Waals surface area contributed by atoms with Crippen molar-refractivity contribution in [3.05, 3.63) is 22.1 Å². The van der Waals surface area contributed by atoms with Crippen LogP contribution in [-0.2, 0) is 11.3 Å². The summed E-state index contributed by atoms with van der Waals surface area (Å²) in [6, 6.07) is 0. The molecule has 8 heteroatoms. The van der Waals surface area contributed by atoms with Crippen molar-refractivity contribution in [3.63, 3.8) is 0 Å². The Balaban J connectivity index is 2.51. The Morgan fingerprint density at radius 2 is 2.39 bits per heavy atom. The average molecular weight is 273 g/mol. The number of hydrogen-bond acceptors (Lipinski definition) is 5. The number of thioether (sulfide) groups is 1. The van der Waals surface area contributed by atoms with Gasteiger partial charge in [-0.05, 0) is 4.92 Å². The first-order valence-corrected chi connectivity index (χ1v) is 6.46. The van der Waals surface area contributed by atoms with Gasteiger partial charge in [-0.2, -0.15) is 11.8 Å². The van der Waals surface area contributed by atoms with E-state index in [0.717, 1.165) is 0 Å². The Hall–Kier alpha value is -1.57. The predicted octanol–water partition coefficient (Wildman–Crippen LogP) is 1.70. The van der Waals surface area contributed by atoms with Crippen molar-refractivity contribution >= 4 is 23.5 Å². The monoisotopic (exact) mass is 273 g/mol. The second-order valence-electron chi connectivity index (χ2n) is 3.85. The maximum absolute atomic E-state index is 10.7. The highest BCUT2D eigenvalue weighted by molar-refractivity contribution is 7.99. The Labute approximate surface area is 108 Å². The summed E-state index contributed by atoms with van der Waals surface area (Å²) in [5.41, 5.74) is 0. The molecule has 0 amide bonds. The van der Waals surface area contributed by atoms with Crippen molar-refractivity contribution in [1.82, 2.24) is 9.55 Å². The molecule has 0 spiro atoms. The Bertz CT molecular complexity index is 446. The molecule has 0 aliphatic heterocycles. The van der Waals surface area contributed by atoms with E-state index in [2.05, 4.69) is 4.98 Å². The van der Waals surface area contributed by atoms with Gasteiger partial charge >= 0.3 is 11.8 Å². The van der Waals surface area contributed by atoms with Crippen LogP contribution >= 0.6 is 11.8 Å². The molecule has 0 bridgehead atoms. The highest BCUT2D eigenvalue weighted by atomic mass is 32.2. The van der Waals surface area contributed by atoms with Crippen molar-refractivity contribution < 1.29 is 14.8 Å². The molecule has 18 heavy (non-hydrogen) atoms. The van der Waals surface area contributed by atoms with Crippen molar-refractivity contribution in [1.29, 1.82) is 0 Å². The molecule has 0 aliphatic rings. The number of carboxylic acid groups (broad SMARTS) is 1. The quantitative estimate of drug-likeness (QED) is 0.599. The van der Waals surface area contributed by atoms with Gasteiger partial charge in [0.1, 0.15) is 12.7 Å². The van der Waals surface area contributed by atoms with Gasteiger partial charge < -0.3 is 15.2 Å². The summed E-state index contributed by atoms with van der Waals surface area (Å²) >= 11 is 1.48. The molecule has 0 saturated heterocycles. The highest BCUT2D eigenvalue weighted by Gasteiger charge is 2.17. The number of rotatable bonds is 7. The van der Waals surface area contributed by atoms with E-state index in [4.69, 9.17) is 5.11 Å². The number of hydrogen-bond donors (Lipinski definition) is 1. The lowest BCUT2D eigenvalue weighted by Crippen LogP contribution is -2.10. The van der Waals surface area contributed by atoms with Crippen LogP contribution in [-0.4, -0.2) is 36.6 Å². The highest BCUT2D eigenvalue weighted by Crippen LogP contribution is 2.18. The fourth-order valence-corrected chi connectivity index (χ4v) is 2.48. The molecule has 0 fully saturated rings. The van der Waals surface area contributed by atoms with E-state index >= 15 is 0 Å². The topological polar surface area (TPSA) is 98.3 Å². The molecule has 7 nitrogen and oxygen atoms in total. The molecule has 0 aliphatic carbocycles. The van der Waals surface area contributed by atoms with Crippen LogP contribution in [0.3, 0.4) is 0 Å². The summed E-state index contributed by atoms with van der Waals surface area (Å²) in [4.78, 5) is 24.7. The zero-order valence-electron chi connectivity index (χ0n) is 10.2. The molecule has 1 aromatic rings. The Morgan fingerprint density at radius 3 is 2.94 bits per heavy atom. The molecule has 1 rings (SSSR count). The fraction of sp³-hybridized carbons (Fsp3) is 0.600. The first kappa shape index (κ1) is 14.5. The van der Waals surface area contributed by atoms with Crippen LogP contribution in [0.15, 0.2) is 6.20 Å². The number of nitro groups is 1. The number of carbonyl (C=O) groups is 1. The molecule has 0 saturated carbocycles. The van der Waals surface area contributed by atoms with Gasteiger partial charge in [-0.25, -0.2) is 9.55 Å². The van der Waals surface area contributed by atoms with Gasteiger partial charge in [-0.3, -0.25) is 4.79 Å². The van der Waals surface area contributed by atoms with E-state index in [0.29, 0.717) is 18.1 Å². The minimum Gasteiger partial charge on any atom is -0.481 e. The summed E-state index contributed by atoms with van der Waals surface area (Å²) < 4.78 is 1.53. The molecule has 1 heterocycles. The number of imidazole rings is 1. The minimum absolute atomic E-state index is 0.00890. The third-order valence-corrected chi connectivity index (χ3v) is 3.55. The summed E-state index contributed by atoms with van der Waals surface area (Å²) in [7, 11) is 0. The molecule has 1 aromatic heterocycles. The largest absolute Gasteiger partial charge is 0.481 e. The lowest BCUT2D eigenvalue weighted by molar-refractivity contribution is -0.392. The van der Waals surface area contributed by atoms with E-state index in [9.17, 15) is 14.9 Å². The van der Waals surface area contributed by atoms with E-state index in [1.165, 1.54) is 22.5 Å². The number of aromatic nitrogens is 2. The first-order chi connectivity index (χ1) is 8.41. The zero-order valence-corrected chi connectivity index (χ0v) is 11.0. The second kappa shape index (κ2) is 6.39. The molecular weight excluding hydrogens is 258 g/mol. The standard InChI is InChI=1S/C10H15N3O4S/c1-7(5-10(14)15)18-4-3-12-8(2)11-6-9(12)13(16)17/h6-7H,3-5H2,1-2H3,(H,14,15). The summed E-state index contributed by atoms with van der Waals surface area (Å²) in [5, 5.41) is 19.3. The van der Waals surface area contributed by atoms with Crippen molar-refractivity contribution in [3.8, 4) is 0 Å². The van der Waals surface area contributed by atoms with E-state index in [1.807, 2.05) is 6.92 Å². The number of carboxylic acids is 1. The van der Waals surface area contributed by atoms with Crippen molar-refractivity contribution in [2.24, 2.45) is 0 Å². The lowest BCUT2D eigenvalue weighted by Gasteiger charge is -2.08. The van der Waals surface area contributed by atoms with Crippen LogP contribution in [0.4, 0.5) is 5.82 Å². The first-order valence-electron chi connectivity index (χ1n) is 5.41. The van der Waals surface area contributed by atoms with E-state index in [1.54, 1.807) is 6.92 Å². The Kier molecular flexibility index (Phi) is 5.14. The molecule has 0 radical (unpaired) electrons. The predicted molar refractivity (Wildman–Crippen MR) is 67.8 cm³/mol. The number of aryl methyl sites for hydroxylation is 1. The van der Waals surface area contributed by atoms with Crippen molar-refractivity contribution in [2.75, 3.05) is 5.75 Å². The van der Waals surface area contributed by atoms with Gasteiger partial charge in [0.25, 0.3) is 0 Å². The average Bonchev–Trinajstić information content (AvgIpc) is 2.59. The molecular formula is C10H15N3O4S. The third kappa shape index (κ3) is 4.02. The molecule has 1 N–H and O–H groups in total. The van der Waals surface area contributed by atoms with Crippen LogP contribution in [0.25, 0.3) is 0 Å². The van der Waals surface area contributed by atoms with E-state index in [-0.39, 0.29) is 17.5 Å². The minimum atomic E-state index is -0.834. The van der Waals surface area contributed by atoms with Crippen LogP contribution in [0.5, 0.6) is 0 Å². The SMILES string of the molecule is Cc1ncc([N+](=O)[O-])n1CCSC(C)CC(=O)O. The van der Waals surface area contributed by atoms with Crippen LogP contribution < -0.4 is 0 Å². The van der Waals surface area contributed by atoms with Gasteiger partial charge in [-0.15, -0.1) is 0 Å². The van der Waals surface area contributed by atoms with Crippen LogP contribution in [0.2, 0.25) is 0 Å². The second-order valence-corrected chi connectivity index (χ2v) is 5.40. The molecule has 100 valence electrons. The summed E-state index contributed by atoms with van der Waals surface area (Å²) in [6.07, 6.45) is 1.33. The molecule has 1 unspecified atom stereocenters. The van der Waals surface area contributed by atoms with Gasteiger partial charge in [0, 0.05) is 17.9 Å². The molecule has 1 atom stereocenters. The molecule has 0 aromatic carbocycles. The van der Waals surface area contributed by atoms with Gasteiger partial charge in [-0.1, -0.05) is 6.92 Å².